The zero-order chi connectivity index (χ0) is 15.2. The van der Waals surface area contributed by atoms with E-state index in [1.807, 2.05) is 13.1 Å². The van der Waals surface area contributed by atoms with Crippen LogP contribution in [0.5, 0.6) is 0 Å². The number of nitrogens with zero attached hydrogens (tertiary/aromatic N) is 3. The number of aromatic nitrogens is 3. The Hall–Kier alpha value is -1.49. The van der Waals surface area contributed by atoms with Crippen LogP contribution in [0.15, 0.2) is 16.7 Å². The molecule has 2 heterocycles. The third kappa shape index (κ3) is 5.42. The Kier molecular flexibility index (Phi) is 5.67. The van der Waals surface area contributed by atoms with Crippen LogP contribution in [0.3, 0.4) is 0 Å². The average Bonchev–Trinajstić information content (AvgIpc) is 3.02. The van der Waals surface area contributed by atoms with E-state index in [0.717, 1.165) is 36.1 Å². The largest absolute Gasteiger partial charge is 0.425 e. The lowest BCUT2D eigenvalue weighted by molar-refractivity contribution is 0.416. The molecule has 0 aliphatic carbocycles. The lowest BCUT2D eigenvalue weighted by Crippen LogP contribution is -1.94. The van der Waals surface area contributed by atoms with Gasteiger partial charge in [-0.15, -0.1) is 21.5 Å². The molecule has 0 saturated carbocycles. The Balaban J connectivity index is 1.79. The summed E-state index contributed by atoms with van der Waals surface area (Å²) in [5, 5.41) is 9.31. The summed E-state index contributed by atoms with van der Waals surface area (Å²) in [6, 6.07) is 0. The molecule has 0 radical (unpaired) electrons. The quantitative estimate of drug-likeness (QED) is 0.764. The standard InChI is InChI=1S/C16H23N3OS/c1-11(2)9-16-19-18-15(20-16)8-6-12(3)5-7-14-10-17-13(4)21-14/h5,7,10-12H,6,8-9H2,1-4H3/b7-5+. The van der Waals surface area contributed by atoms with Crippen molar-refractivity contribution in [2.45, 2.75) is 47.0 Å². The molecule has 0 fully saturated rings. The summed E-state index contributed by atoms with van der Waals surface area (Å²) in [4.78, 5) is 5.45. The molecule has 0 amide bonds. The van der Waals surface area contributed by atoms with Crippen LogP contribution in [0.4, 0.5) is 0 Å². The topological polar surface area (TPSA) is 51.8 Å². The predicted molar refractivity (Wildman–Crippen MR) is 86.2 cm³/mol. The Labute approximate surface area is 130 Å². The number of allylic oxidation sites excluding steroid dienone is 1. The van der Waals surface area contributed by atoms with Crippen LogP contribution in [0.1, 0.15) is 48.9 Å². The van der Waals surface area contributed by atoms with Gasteiger partial charge >= 0.3 is 0 Å². The van der Waals surface area contributed by atoms with Gasteiger partial charge in [0.2, 0.25) is 11.8 Å². The predicted octanol–water partition coefficient (Wildman–Crippen LogP) is 4.32. The normalized spacial score (nSPS) is 13.4. The van der Waals surface area contributed by atoms with Gasteiger partial charge in [0, 0.05) is 23.9 Å². The fraction of sp³-hybridized carbons (Fsp3) is 0.562. The summed E-state index contributed by atoms with van der Waals surface area (Å²) >= 11 is 1.71. The van der Waals surface area contributed by atoms with Crippen LogP contribution in [0, 0.1) is 18.8 Å². The smallest absolute Gasteiger partial charge is 0.216 e. The van der Waals surface area contributed by atoms with Crippen molar-refractivity contribution in [3.8, 4) is 0 Å². The molecular weight excluding hydrogens is 282 g/mol. The first kappa shape index (κ1) is 15.9. The monoisotopic (exact) mass is 305 g/mol. The summed E-state index contributed by atoms with van der Waals surface area (Å²) in [6.07, 6.45) is 8.98. The average molecular weight is 305 g/mol. The highest BCUT2D eigenvalue weighted by molar-refractivity contribution is 7.12. The van der Waals surface area contributed by atoms with Gasteiger partial charge in [-0.3, -0.25) is 0 Å². The molecule has 0 saturated heterocycles. The minimum absolute atomic E-state index is 0.479. The third-order valence-corrected chi connectivity index (χ3v) is 4.01. The minimum atomic E-state index is 0.479. The van der Waals surface area contributed by atoms with Crippen LogP contribution in [-0.4, -0.2) is 15.2 Å². The van der Waals surface area contributed by atoms with Crippen LogP contribution in [-0.2, 0) is 12.8 Å². The molecular formula is C16H23N3OS. The number of hydrogen-bond acceptors (Lipinski definition) is 5. The van der Waals surface area contributed by atoms with E-state index in [2.05, 4.69) is 48.1 Å². The first-order chi connectivity index (χ1) is 10.0. The third-order valence-electron chi connectivity index (χ3n) is 3.13. The molecule has 0 aliphatic heterocycles. The maximum absolute atomic E-state index is 5.66. The van der Waals surface area contributed by atoms with Gasteiger partial charge < -0.3 is 4.42 Å². The summed E-state index contributed by atoms with van der Waals surface area (Å²) in [5.41, 5.74) is 0. The fourth-order valence-corrected chi connectivity index (χ4v) is 2.68. The molecule has 5 heteroatoms. The summed E-state index contributed by atoms with van der Waals surface area (Å²) in [5.74, 6) is 2.53. The van der Waals surface area contributed by atoms with Crippen molar-refractivity contribution < 1.29 is 4.42 Å². The summed E-state index contributed by atoms with van der Waals surface area (Å²) < 4.78 is 5.66. The van der Waals surface area contributed by atoms with Gasteiger partial charge in [-0.2, -0.15) is 0 Å². The van der Waals surface area contributed by atoms with E-state index in [9.17, 15) is 0 Å². The van der Waals surface area contributed by atoms with Gasteiger partial charge in [0.25, 0.3) is 0 Å². The van der Waals surface area contributed by atoms with E-state index in [0.29, 0.717) is 11.8 Å². The van der Waals surface area contributed by atoms with E-state index < -0.39 is 0 Å². The summed E-state index contributed by atoms with van der Waals surface area (Å²) in [6.45, 7) is 8.53. The second kappa shape index (κ2) is 7.50. The highest BCUT2D eigenvalue weighted by atomic mass is 32.1. The van der Waals surface area contributed by atoms with Gasteiger partial charge in [0.1, 0.15) is 0 Å². The number of thiazole rings is 1. The maximum atomic E-state index is 5.66. The van der Waals surface area contributed by atoms with Crippen LogP contribution in [0.2, 0.25) is 0 Å². The highest BCUT2D eigenvalue weighted by Gasteiger charge is 2.09. The van der Waals surface area contributed by atoms with Gasteiger partial charge in [-0.1, -0.05) is 26.8 Å². The van der Waals surface area contributed by atoms with E-state index in [4.69, 9.17) is 4.42 Å². The Morgan fingerprint density at radius 3 is 2.67 bits per heavy atom. The second-order valence-electron chi connectivity index (χ2n) is 5.84. The number of aryl methyl sites for hydroxylation is 2. The molecule has 2 aromatic rings. The first-order valence-electron chi connectivity index (χ1n) is 7.45. The van der Waals surface area contributed by atoms with Crippen LogP contribution < -0.4 is 0 Å². The van der Waals surface area contributed by atoms with Crippen LogP contribution in [0.25, 0.3) is 6.08 Å². The molecule has 21 heavy (non-hydrogen) atoms. The van der Waals surface area contributed by atoms with Gasteiger partial charge in [-0.25, -0.2) is 4.98 Å². The fourth-order valence-electron chi connectivity index (χ4n) is 1.98. The van der Waals surface area contributed by atoms with Gasteiger partial charge in [-0.05, 0) is 31.3 Å². The molecule has 2 aromatic heterocycles. The van der Waals surface area contributed by atoms with E-state index in [-0.39, 0.29) is 0 Å². The SMILES string of the molecule is Cc1ncc(/C=C/C(C)CCc2nnc(CC(C)C)o2)s1. The second-order valence-corrected chi connectivity index (χ2v) is 7.11. The van der Waals surface area contributed by atoms with Gasteiger partial charge in [0.05, 0.1) is 5.01 Å². The number of hydrogen-bond donors (Lipinski definition) is 0. The van der Waals surface area contributed by atoms with Crippen molar-refractivity contribution >= 4 is 17.4 Å². The molecule has 1 atom stereocenters. The molecule has 114 valence electrons. The Morgan fingerprint density at radius 1 is 1.24 bits per heavy atom. The van der Waals surface area contributed by atoms with E-state index >= 15 is 0 Å². The minimum Gasteiger partial charge on any atom is -0.425 e. The molecule has 0 aliphatic rings. The molecule has 2 rings (SSSR count). The highest BCUT2D eigenvalue weighted by Crippen LogP contribution is 2.17. The zero-order valence-corrected chi connectivity index (χ0v) is 14.0. The van der Waals surface area contributed by atoms with Crippen molar-refractivity contribution in [1.82, 2.24) is 15.2 Å². The molecule has 0 N–H and O–H groups in total. The lowest BCUT2D eigenvalue weighted by atomic mass is 10.1. The first-order valence-corrected chi connectivity index (χ1v) is 8.26. The maximum Gasteiger partial charge on any atom is 0.216 e. The summed E-state index contributed by atoms with van der Waals surface area (Å²) in [7, 11) is 0. The molecule has 0 bridgehead atoms. The molecule has 0 spiro atoms. The van der Waals surface area contributed by atoms with Crippen molar-refractivity contribution in [3.63, 3.8) is 0 Å². The van der Waals surface area contributed by atoms with Crippen molar-refractivity contribution in [1.29, 1.82) is 0 Å². The lowest BCUT2D eigenvalue weighted by Gasteiger charge is -2.02. The van der Waals surface area contributed by atoms with Crippen LogP contribution >= 0.6 is 11.3 Å². The Morgan fingerprint density at radius 2 is 2.00 bits per heavy atom. The van der Waals surface area contributed by atoms with Crippen molar-refractivity contribution in [2.75, 3.05) is 0 Å². The molecule has 4 nitrogen and oxygen atoms in total. The molecule has 0 aromatic carbocycles. The van der Waals surface area contributed by atoms with Crippen molar-refractivity contribution in [3.05, 3.63) is 33.9 Å². The van der Waals surface area contributed by atoms with Gasteiger partial charge in [0.15, 0.2) is 0 Å². The van der Waals surface area contributed by atoms with E-state index in [1.54, 1.807) is 11.3 Å². The van der Waals surface area contributed by atoms with E-state index in [1.165, 1.54) is 4.88 Å². The number of rotatable bonds is 7. The van der Waals surface area contributed by atoms with Crippen molar-refractivity contribution in [2.24, 2.45) is 11.8 Å². The Bertz CT molecular complexity index is 586. The zero-order valence-electron chi connectivity index (χ0n) is 13.2. The molecule has 1 unspecified atom stereocenters.